The molecule has 0 N–H and O–H groups in total. The molecule has 0 aromatic carbocycles. The lowest BCUT2D eigenvalue weighted by Gasteiger charge is -2.22. The van der Waals surface area contributed by atoms with E-state index in [1.807, 2.05) is 12.1 Å². The molecule has 1 aromatic rings. The monoisotopic (exact) mass is 164 g/mol. The predicted molar refractivity (Wildman–Crippen MR) is 53.0 cm³/mol. The summed E-state index contributed by atoms with van der Waals surface area (Å²) in [6, 6.07) is 3.78. The SMILES string of the molecule is C=Nc1cccnc1[N+](C)(C)C. The molecule has 0 amide bonds. The molecular formula is C9H14N3+. The van der Waals surface area contributed by atoms with Gasteiger partial charge in [0.05, 0.1) is 21.1 Å². The molecule has 0 aliphatic carbocycles. The summed E-state index contributed by atoms with van der Waals surface area (Å²) in [7, 11) is 6.16. The predicted octanol–water partition coefficient (Wildman–Crippen LogP) is 1.61. The first-order chi connectivity index (χ1) is 5.55. The number of pyridine rings is 1. The third-order valence-corrected chi connectivity index (χ3v) is 1.57. The second kappa shape index (κ2) is 3.03. The number of aromatic nitrogens is 1. The van der Waals surface area contributed by atoms with Crippen molar-refractivity contribution in [1.82, 2.24) is 9.47 Å². The van der Waals surface area contributed by atoms with Crippen LogP contribution < -0.4 is 4.48 Å². The molecule has 0 bridgehead atoms. The van der Waals surface area contributed by atoms with Gasteiger partial charge in [-0.2, -0.15) is 0 Å². The number of quaternary nitrogens is 1. The van der Waals surface area contributed by atoms with Crippen molar-refractivity contribution in [2.75, 3.05) is 21.1 Å². The number of nitrogens with zero attached hydrogens (tertiary/aromatic N) is 3. The van der Waals surface area contributed by atoms with Crippen LogP contribution in [0.3, 0.4) is 0 Å². The lowest BCUT2D eigenvalue weighted by atomic mass is 10.3. The summed E-state index contributed by atoms with van der Waals surface area (Å²) in [5, 5.41) is 0. The van der Waals surface area contributed by atoms with E-state index < -0.39 is 0 Å². The molecule has 0 radical (unpaired) electrons. The largest absolute Gasteiger partial charge is 0.280 e. The summed E-state index contributed by atoms with van der Waals surface area (Å²) in [6.07, 6.45) is 1.77. The van der Waals surface area contributed by atoms with Crippen molar-refractivity contribution >= 4 is 18.2 Å². The molecule has 64 valence electrons. The standard InChI is InChI=1S/C9H14N3/c1-10-8-6-5-7-11-9(8)12(2,3)4/h5-7H,1H2,2-4H3/q+1. The van der Waals surface area contributed by atoms with Crippen molar-refractivity contribution in [2.24, 2.45) is 4.99 Å². The van der Waals surface area contributed by atoms with Gasteiger partial charge < -0.3 is 0 Å². The van der Waals surface area contributed by atoms with Crippen LogP contribution >= 0.6 is 0 Å². The van der Waals surface area contributed by atoms with Crippen LogP contribution in [-0.4, -0.2) is 32.8 Å². The minimum atomic E-state index is 0.662. The molecule has 3 nitrogen and oxygen atoms in total. The van der Waals surface area contributed by atoms with Crippen molar-refractivity contribution < 1.29 is 0 Å². The second-order valence-corrected chi connectivity index (χ2v) is 3.52. The molecule has 12 heavy (non-hydrogen) atoms. The van der Waals surface area contributed by atoms with Crippen LogP contribution in [0.2, 0.25) is 0 Å². The van der Waals surface area contributed by atoms with Gasteiger partial charge in [0.15, 0.2) is 0 Å². The Bertz CT molecular complexity index is 286. The lowest BCUT2D eigenvalue weighted by Crippen LogP contribution is -2.35. The Morgan fingerprint density at radius 1 is 1.42 bits per heavy atom. The molecule has 0 atom stereocenters. The third-order valence-electron chi connectivity index (χ3n) is 1.57. The van der Waals surface area contributed by atoms with Gasteiger partial charge in [0.2, 0.25) is 0 Å². The van der Waals surface area contributed by atoms with Crippen LogP contribution in [0.5, 0.6) is 0 Å². The molecule has 3 heteroatoms. The van der Waals surface area contributed by atoms with Gasteiger partial charge in [0.1, 0.15) is 5.69 Å². The van der Waals surface area contributed by atoms with Gasteiger partial charge in [-0.15, -0.1) is 0 Å². The molecule has 0 fully saturated rings. The Kier molecular flexibility index (Phi) is 2.24. The Hall–Kier alpha value is -1.22. The Morgan fingerprint density at radius 3 is 2.50 bits per heavy atom. The summed E-state index contributed by atoms with van der Waals surface area (Å²) in [5.74, 6) is 0.938. The minimum absolute atomic E-state index is 0.662. The summed E-state index contributed by atoms with van der Waals surface area (Å²) < 4.78 is 0.662. The molecule has 0 aliphatic rings. The van der Waals surface area contributed by atoms with E-state index in [1.165, 1.54) is 0 Å². The van der Waals surface area contributed by atoms with Gasteiger partial charge in [0, 0.05) is 6.20 Å². The molecule has 1 heterocycles. The maximum Gasteiger partial charge on any atom is 0.253 e. The lowest BCUT2D eigenvalue weighted by molar-refractivity contribution is 0.474. The van der Waals surface area contributed by atoms with Gasteiger partial charge in [0.25, 0.3) is 5.82 Å². The average molecular weight is 164 g/mol. The molecule has 0 saturated carbocycles. The zero-order chi connectivity index (χ0) is 9.19. The first kappa shape index (κ1) is 8.87. The number of rotatable bonds is 2. The summed E-state index contributed by atoms with van der Waals surface area (Å²) in [5.41, 5.74) is 0.852. The van der Waals surface area contributed by atoms with Gasteiger partial charge in [-0.25, -0.2) is 4.98 Å². The average Bonchev–Trinajstić information content (AvgIpc) is 2.03. The fourth-order valence-electron chi connectivity index (χ4n) is 1.03. The maximum absolute atomic E-state index is 4.26. The Morgan fingerprint density at radius 2 is 2.08 bits per heavy atom. The first-order valence-corrected chi connectivity index (χ1v) is 3.79. The van der Waals surface area contributed by atoms with Crippen LogP contribution in [0.25, 0.3) is 0 Å². The van der Waals surface area contributed by atoms with Crippen LogP contribution in [0.4, 0.5) is 11.5 Å². The molecule has 1 rings (SSSR count). The summed E-state index contributed by atoms with van der Waals surface area (Å²) >= 11 is 0. The molecular weight excluding hydrogens is 150 g/mol. The normalized spacial score (nSPS) is 11.2. The van der Waals surface area contributed by atoms with Crippen LogP contribution in [0.1, 0.15) is 0 Å². The number of hydrogen-bond acceptors (Lipinski definition) is 2. The van der Waals surface area contributed by atoms with E-state index in [-0.39, 0.29) is 0 Å². The van der Waals surface area contributed by atoms with E-state index >= 15 is 0 Å². The molecule has 0 saturated heterocycles. The number of hydrogen-bond donors (Lipinski definition) is 0. The van der Waals surface area contributed by atoms with Crippen LogP contribution in [0.15, 0.2) is 23.3 Å². The molecule has 0 spiro atoms. The smallest absolute Gasteiger partial charge is 0.253 e. The highest BCUT2D eigenvalue weighted by Crippen LogP contribution is 2.26. The topological polar surface area (TPSA) is 25.2 Å². The fourth-order valence-corrected chi connectivity index (χ4v) is 1.03. The van der Waals surface area contributed by atoms with Gasteiger partial charge in [-0.3, -0.25) is 9.48 Å². The van der Waals surface area contributed by atoms with E-state index in [1.54, 1.807) is 6.20 Å². The van der Waals surface area contributed by atoms with Gasteiger partial charge >= 0.3 is 0 Å². The van der Waals surface area contributed by atoms with Crippen molar-refractivity contribution in [3.8, 4) is 0 Å². The fraction of sp³-hybridized carbons (Fsp3) is 0.333. The zero-order valence-corrected chi connectivity index (χ0v) is 7.78. The van der Waals surface area contributed by atoms with Gasteiger partial charge in [-0.05, 0) is 18.9 Å². The summed E-state index contributed by atoms with van der Waals surface area (Å²) in [4.78, 5) is 8.17. The zero-order valence-electron chi connectivity index (χ0n) is 7.78. The molecule has 0 aliphatic heterocycles. The quantitative estimate of drug-likeness (QED) is 0.481. The highest BCUT2D eigenvalue weighted by molar-refractivity contribution is 5.61. The highest BCUT2D eigenvalue weighted by Gasteiger charge is 2.17. The molecule has 1 aromatic heterocycles. The second-order valence-electron chi connectivity index (χ2n) is 3.52. The van der Waals surface area contributed by atoms with Crippen LogP contribution in [-0.2, 0) is 0 Å². The maximum atomic E-state index is 4.26. The van der Waals surface area contributed by atoms with E-state index in [4.69, 9.17) is 0 Å². The number of aliphatic imine (C=N–C) groups is 1. The van der Waals surface area contributed by atoms with Crippen molar-refractivity contribution in [1.29, 1.82) is 0 Å². The molecule has 0 unspecified atom stereocenters. The van der Waals surface area contributed by atoms with E-state index in [0.29, 0.717) is 4.48 Å². The van der Waals surface area contributed by atoms with E-state index in [0.717, 1.165) is 11.5 Å². The summed E-state index contributed by atoms with van der Waals surface area (Å²) in [6.45, 7) is 3.51. The van der Waals surface area contributed by atoms with Crippen molar-refractivity contribution in [2.45, 2.75) is 0 Å². The van der Waals surface area contributed by atoms with Crippen LogP contribution in [0, 0.1) is 0 Å². The van der Waals surface area contributed by atoms with Crippen molar-refractivity contribution in [3.05, 3.63) is 18.3 Å². The highest BCUT2D eigenvalue weighted by atomic mass is 15.3. The van der Waals surface area contributed by atoms with E-state index in [9.17, 15) is 0 Å². The Balaban J connectivity index is 3.23. The van der Waals surface area contributed by atoms with E-state index in [2.05, 4.69) is 37.8 Å². The Labute approximate surface area is 73.0 Å². The third kappa shape index (κ3) is 1.68. The first-order valence-electron chi connectivity index (χ1n) is 3.79. The van der Waals surface area contributed by atoms with Crippen molar-refractivity contribution in [3.63, 3.8) is 0 Å². The minimum Gasteiger partial charge on any atom is -0.280 e. The van der Waals surface area contributed by atoms with Gasteiger partial charge in [-0.1, -0.05) is 0 Å².